The number of nitrogens with zero attached hydrogens (tertiary/aromatic N) is 2. The molecule has 0 radical (unpaired) electrons. The molecule has 86 valence electrons. The quantitative estimate of drug-likeness (QED) is 0.492. The van der Waals surface area contributed by atoms with Gasteiger partial charge in [-0.25, -0.2) is 4.99 Å². The molecule has 15 heavy (non-hydrogen) atoms. The first-order valence-electron chi connectivity index (χ1n) is 5.91. The van der Waals surface area contributed by atoms with Crippen LogP contribution in [0.15, 0.2) is 4.99 Å². The van der Waals surface area contributed by atoms with Crippen molar-refractivity contribution in [3.63, 3.8) is 0 Å². The van der Waals surface area contributed by atoms with Gasteiger partial charge >= 0.3 is 0 Å². The van der Waals surface area contributed by atoms with Gasteiger partial charge in [0.2, 0.25) is 0 Å². The van der Waals surface area contributed by atoms with Crippen molar-refractivity contribution in [2.24, 2.45) is 16.6 Å². The molecule has 1 atom stereocenters. The predicted molar refractivity (Wildman–Crippen MR) is 60.6 cm³/mol. The van der Waals surface area contributed by atoms with E-state index in [0.29, 0.717) is 5.96 Å². The molecule has 0 amide bonds. The van der Waals surface area contributed by atoms with Gasteiger partial charge in [-0.2, -0.15) is 0 Å². The Balaban J connectivity index is 1.86. The van der Waals surface area contributed by atoms with Crippen LogP contribution in [0.3, 0.4) is 0 Å². The highest BCUT2D eigenvalue weighted by Crippen LogP contribution is 2.23. The van der Waals surface area contributed by atoms with Gasteiger partial charge in [0.05, 0.1) is 12.1 Å². The topological polar surface area (TPSA) is 61.8 Å². The molecule has 1 aliphatic heterocycles. The Kier molecular flexibility index (Phi) is 3.14. The summed E-state index contributed by atoms with van der Waals surface area (Å²) in [5.41, 5.74) is 5.96. The molecular formula is C11H21N3O. The van der Waals surface area contributed by atoms with E-state index in [1.807, 2.05) is 0 Å². The van der Waals surface area contributed by atoms with Crippen LogP contribution in [-0.4, -0.2) is 41.2 Å². The molecule has 0 bridgehead atoms. The second-order valence-electron chi connectivity index (χ2n) is 4.96. The van der Waals surface area contributed by atoms with Crippen molar-refractivity contribution in [3.05, 3.63) is 0 Å². The molecule has 2 aliphatic rings. The van der Waals surface area contributed by atoms with Crippen molar-refractivity contribution in [2.45, 2.75) is 44.8 Å². The van der Waals surface area contributed by atoms with Crippen LogP contribution < -0.4 is 5.73 Å². The Bertz CT molecular complexity index is 248. The van der Waals surface area contributed by atoms with E-state index in [9.17, 15) is 0 Å². The molecule has 4 nitrogen and oxygen atoms in total. The fraction of sp³-hybridized carbons (Fsp3) is 0.909. The molecule has 0 aromatic rings. The lowest BCUT2D eigenvalue weighted by molar-refractivity contribution is 0.0771. The van der Waals surface area contributed by atoms with Crippen LogP contribution in [-0.2, 0) is 0 Å². The van der Waals surface area contributed by atoms with Gasteiger partial charge in [-0.3, -0.25) is 0 Å². The van der Waals surface area contributed by atoms with Crippen molar-refractivity contribution in [1.29, 1.82) is 0 Å². The van der Waals surface area contributed by atoms with Crippen LogP contribution in [0.25, 0.3) is 0 Å². The second-order valence-corrected chi connectivity index (χ2v) is 4.96. The first-order valence-corrected chi connectivity index (χ1v) is 5.91. The molecule has 1 saturated carbocycles. The first kappa shape index (κ1) is 10.7. The van der Waals surface area contributed by atoms with Crippen molar-refractivity contribution in [2.75, 3.05) is 13.1 Å². The maximum atomic E-state index is 9.16. The summed E-state index contributed by atoms with van der Waals surface area (Å²) >= 11 is 0. The highest BCUT2D eigenvalue weighted by Gasteiger charge is 2.28. The van der Waals surface area contributed by atoms with Crippen LogP contribution in [0.5, 0.6) is 0 Å². The summed E-state index contributed by atoms with van der Waals surface area (Å²) in [7, 11) is 0. The SMILES string of the molecule is CC1CCCN(C(N)=NC2CC(O)C2)C1. The number of aliphatic imine (C=N–C) groups is 1. The zero-order valence-corrected chi connectivity index (χ0v) is 9.39. The van der Waals surface area contributed by atoms with E-state index < -0.39 is 0 Å². The number of rotatable bonds is 1. The van der Waals surface area contributed by atoms with E-state index in [0.717, 1.165) is 31.8 Å². The molecule has 2 fully saturated rings. The van der Waals surface area contributed by atoms with Crippen molar-refractivity contribution >= 4 is 5.96 Å². The van der Waals surface area contributed by atoms with Crippen molar-refractivity contribution in [3.8, 4) is 0 Å². The zero-order valence-electron chi connectivity index (χ0n) is 9.39. The standard InChI is InChI=1S/C11H21N3O/c1-8-3-2-4-14(7-8)11(12)13-9-5-10(15)6-9/h8-10,15H,2-7H2,1H3,(H2,12,13). The fourth-order valence-electron chi connectivity index (χ4n) is 2.33. The predicted octanol–water partition coefficient (Wildman–Crippen LogP) is 0.556. The normalized spacial score (nSPS) is 37.6. The van der Waals surface area contributed by atoms with Crippen LogP contribution in [0.2, 0.25) is 0 Å². The lowest BCUT2D eigenvalue weighted by Crippen LogP contribution is -2.45. The number of hydrogen-bond acceptors (Lipinski definition) is 2. The Morgan fingerprint density at radius 3 is 2.80 bits per heavy atom. The lowest BCUT2D eigenvalue weighted by atomic mass is 9.90. The number of likely N-dealkylation sites (tertiary alicyclic amines) is 1. The number of piperidine rings is 1. The van der Waals surface area contributed by atoms with Gasteiger partial charge in [0, 0.05) is 13.1 Å². The molecule has 0 spiro atoms. The molecular weight excluding hydrogens is 190 g/mol. The van der Waals surface area contributed by atoms with Gasteiger partial charge in [0.1, 0.15) is 0 Å². The number of aliphatic hydroxyl groups excluding tert-OH is 1. The van der Waals surface area contributed by atoms with Gasteiger partial charge in [0.25, 0.3) is 0 Å². The summed E-state index contributed by atoms with van der Waals surface area (Å²) in [6.07, 6.45) is 3.93. The summed E-state index contributed by atoms with van der Waals surface area (Å²) in [4.78, 5) is 6.63. The molecule has 3 N–H and O–H groups in total. The van der Waals surface area contributed by atoms with Crippen LogP contribution >= 0.6 is 0 Å². The molecule has 1 unspecified atom stereocenters. The Hall–Kier alpha value is -0.770. The molecule has 0 aromatic heterocycles. The minimum absolute atomic E-state index is 0.146. The molecule has 0 aromatic carbocycles. The third-order valence-electron chi connectivity index (χ3n) is 3.38. The molecule has 1 saturated heterocycles. The first-order chi connectivity index (χ1) is 7.15. The molecule has 4 heteroatoms. The van der Waals surface area contributed by atoms with Gasteiger partial charge in [-0.1, -0.05) is 6.92 Å². The minimum atomic E-state index is -0.146. The van der Waals surface area contributed by atoms with E-state index in [1.165, 1.54) is 12.8 Å². The minimum Gasteiger partial charge on any atom is -0.393 e. The molecule has 2 rings (SSSR count). The summed E-state index contributed by atoms with van der Waals surface area (Å²) in [5, 5.41) is 9.16. The number of hydrogen-bond donors (Lipinski definition) is 2. The van der Waals surface area contributed by atoms with Gasteiger partial charge in [0.15, 0.2) is 5.96 Å². The monoisotopic (exact) mass is 211 g/mol. The lowest BCUT2D eigenvalue weighted by Gasteiger charge is -2.34. The number of aliphatic hydroxyl groups is 1. The largest absolute Gasteiger partial charge is 0.393 e. The zero-order chi connectivity index (χ0) is 10.8. The maximum Gasteiger partial charge on any atom is 0.191 e. The van der Waals surface area contributed by atoms with E-state index in [1.54, 1.807) is 0 Å². The summed E-state index contributed by atoms with van der Waals surface area (Å²) in [5.74, 6) is 1.40. The molecule has 1 aliphatic carbocycles. The van der Waals surface area contributed by atoms with E-state index in [2.05, 4.69) is 16.8 Å². The highest BCUT2D eigenvalue weighted by atomic mass is 16.3. The van der Waals surface area contributed by atoms with Crippen molar-refractivity contribution in [1.82, 2.24) is 4.90 Å². The number of nitrogens with two attached hydrogens (primary N) is 1. The Morgan fingerprint density at radius 1 is 1.47 bits per heavy atom. The number of guanidine groups is 1. The van der Waals surface area contributed by atoms with E-state index >= 15 is 0 Å². The van der Waals surface area contributed by atoms with Crippen LogP contribution in [0.4, 0.5) is 0 Å². The summed E-state index contributed by atoms with van der Waals surface area (Å²) in [6.45, 7) is 4.33. The van der Waals surface area contributed by atoms with Crippen LogP contribution in [0, 0.1) is 5.92 Å². The van der Waals surface area contributed by atoms with Crippen molar-refractivity contribution < 1.29 is 5.11 Å². The third-order valence-corrected chi connectivity index (χ3v) is 3.38. The third kappa shape index (κ3) is 2.62. The average Bonchev–Trinajstić information content (AvgIpc) is 2.15. The van der Waals surface area contributed by atoms with Gasteiger partial charge in [-0.05, 0) is 31.6 Å². The average molecular weight is 211 g/mol. The Labute approximate surface area is 91.2 Å². The highest BCUT2D eigenvalue weighted by molar-refractivity contribution is 5.78. The van der Waals surface area contributed by atoms with Crippen LogP contribution in [0.1, 0.15) is 32.6 Å². The fourth-order valence-corrected chi connectivity index (χ4v) is 2.33. The summed E-state index contributed by atoms with van der Waals surface area (Å²) < 4.78 is 0. The molecule has 1 heterocycles. The van der Waals surface area contributed by atoms with Gasteiger partial charge in [-0.15, -0.1) is 0 Å². The van der Waals surface area contributed by atoms with E-state index in [4.69, 9.17) is 10.8 Å². The maximum absolute atomic E-state index is 9.16. The van der Waals surface area contributed by atoms with E-state index in [-0.39, 0.29) is 12.1 Å². The summed E-state index contributed by atoms with van der Waals surface area (Å²) in [6, 6.07) is 0.261. The Morgan fingerprint density at radius 2 is 2.20 bits per heavy atom. The van der Waals surface area contributed by atoms with Gasteiger partial charge < -0.3 is 15.7 Å². The second kappa shape index (κ2) is 4.39. The smallest absolute Gasteiger partial charge is 0.191 e.